The van der Waals surface area contributed by atoms with Crippen molar-refractivity contribution >= 4 is 35.0 Å². The van der Waals surface area contributed by atoms with Crippen LogP contribution in [0.25, 0.3) is 0 Å². The minimum absolute atomic E-state index is 0.165. The number of carbonyl (C=O) groups excluding carboxylic acids is 1. The van der Waals surface area contributed by atoms with Gasteiger partial charge in [-0.25, -0.2) is 0 Å². The smallest absolute Gasteiger partial charge is 0.234 e. The Kier molecular flexibility index (Phi) is 8.41. The summed E-state index contributed by atoms with van der Waals surface area (Å²) < 4.78 is 13.5. The van der Waals surface area contributed by atoms with Crippen LogP contribution in [-0.2, 0) is 11.3 Å². The summed E-state index contributed by atoms with van der Waals surface area (Å²) in [6.45, 7) is 6.87. The van der Waals surface area contributed by atoms with E-state index < -0.39 is 0 Å². The predicted molar refractivity (Wildman–Crippen MR) is 128 cm³/mol. The molecule has 0 spiro atoms. The number of rotatable bonds is 10. The summed E-state index contributed by atoms with van der Waals surface area (Å²) in [5.41, 5.74) is 0.586. The number of methoxy groups -OCH3 is 1. The first-order valence-electron chi connectivity index (χ1n) is 10.3. The Morgan fingerprint density at radius 1 is 1.09 bits per heavy atom. The van der Waals surface area contributed by atoms with Crippen molar-refractivity contribution in [1.29, 1.82) is 0 Å². The maximum atomic E-state index is 12.4. The van der Waals surface area contributed by atoms with Crippen molar-refractivity contribution in [2.75, 3.05) is 18.2 Å². The number of nitrogens with one attached hydrogen (secondary N) is 1. The molecule has 1 aromatic heterocycles. The van der Waals surface area contributed by atoms with Crippen molar-refractivity contribution < 1.29 is 14.3 Å². The van der Waals surface area contributed by atoms with Gasteiger partial charge < -0.3 is 19.4 Å². The summed E-state index contributed by atoms with van der Waals surface area (Å²) >= 11 is 7.45. The van der Waals surface area contributed by atoms with Crippen LogP contribution < -0.4 is 14.8 Å². The van der Waals surface area contributed by atoms with E-state index in [0.29, 0.717) is 45.7 Å². The molecule has 0 aliphatic heterocycles. The van der Waals surface area contributed by atoms with Gasteiger partial charge in [0.05, 0.1) is 23.6 Å². The zero-order valence-corrected chi connectivity index (χ0v) is 20.1. The third-order valence-electron chi connectivity index (χ3n) is 4.51. The molecule has 1 atom stereocenters. The lowest BCUT2D eigenvalue weighted by Gasteiger charge is -2.19. The SMILES string of the molecule is COc1ccccc1OC(C)c1nnc(SCC(=O)Nc2ccccc2Cl)n1CC(C)C. The average molecular weight is 475 g/mol. The molecule has 170 valence electrons. The van der Waals surface area contributed by atoms with Gasteiger partial charge in [-0.2, -0.15) is 0 Å². The van der Waals surface area contributed by atoms with Crippen molar-refractivity contribution in [1.82, 2.24) is 14.8 Å². The highest BCUT2D eigenvalue weighted by molar-refractivity contribution is 7.99. The van der Waals surface area contributed by atoms with Gasteiger partial charge >= 0.3 is 0 Å². The number of aromatic nitrogens is 3. The third kappa shape index (κ3) is 6.17. The molecule has 2 aromatic carbocycles. The number of halogens is 1. The summed E-state index contributed by atoms with van der Waals surface area (Å²) in [6.07, 6.45) is -0.358. The zero-order valence-electron chi connectivity index (χ0n) is 18.5. The van der Waals surface area contributed by atoms with Gasteiger partial charge in [0.2, 0.25) is 5.91 Å². The Balaban J connectivity index is 1.73. The Hall–Kier alpha value is -2.71. The van der Waals surface area contributed by atoms with Gasteiger partial charge in [-0.1, -0.05) is 61.5 Å². The van der Waals surface area contributed by atoms with E-state index in [-0.39, 0.29) is 17.8 Å². The molecule has 3 aromatic rings. The standard InChI is InChI=1S/C23H27ClN4O3S/c1-15(2)13-28-22(16(3)31-20-12-8-7-11-19(20)30-4)26-27-23(28)32-14-21(29)25-18-10-6-5-9-17(18)24/h5-12,15-16H,13-14H2,1-4H3,(H,25,29). The van der Waals surface area contributed by atoms with Gasteiger partial charge in [-0.15, -0.1) is 10.2 Å². The molecule has 1 amide bonds. The topological polar surface area (TPSA) is 78.3 Å². The molecule has 3 rings (SSSR count). The fraction of sp³-hybridized carbons (Fsp3) is 0.348. The first-order chi connectivity index (χ1) is 15.4. The highest BCUT2D eigenvalue weighted by Gasteiger charge is 2.22. The zero-order chi connectivity index (χ0) is 23.1. The van der Waals surface area contributed by atoms with Crippen molar-refractivity contribution in [3.63, 3.8) is 0 Å². The number of hydrogen-bond donors (Lipinski definition) is 1. The Morgan fingerprint density at radius 3 is 2.47 bits per heavy atom. The second kappa shape index (κ2) is 11.2. The van der Waals surface area contributed by atoms with E-state index >= 15 is 0 Å². The van der Waals surface area contributed by atoms with E-state index in [2.05, 4.69) is 29.4 Å². The molecule has 1 unspecified atom stereocenters. The first kappa shape index (κ1) is 23.9. The monoisotopic (exact) mass is 474 g/mol. The first-order valence-corrected chi connectivity index (χ1v) is 11.6. The molecular weight excluding hydrogens is 448 g/mol. The van der Waals surface area contributed by atoms with Crippen molar-refractivity contribution in [2.45, 2.75) is 38.6 Å². The number of amides is 1. The molecule has 0 bridgehead atoms. The quantitative estimate of drug-likeness (QED) is 0.393. The van der Waals surface area contributed by atoms with Crippen LogP contribution in [0.15, 0.2) is 53.7 Å². The fourth-order valence-electron chi connectivity index (χ4n) is 3.08. The maximum absolute atomic E-state index is 12.4. The number of hydrogen-bond acceptors (Lipinski definition) is 6. The van der Waals surface area contributed by atoms with Crippen molar-refractivity contribution in [3.8, 4) is 11.5 Å². The molecule has 1 heterocycles. The second-order valence-electron chi connectivity index (χ2n) is 7.57. The fourth-order valence-corrected chi connectivity index (χ4v) is 4.02. The van der Waals surface area contributed by atoms with Crippen LogP contribution >= 0.6 is 23.4 Å². The van der Waals surface area contributed by atoms with E-state index in [1.54, 1.807) is 19.2 Å². The molecule has 0 saturated heterocycles. The molecule has 9 heteroatoms. The number of ether oxygens (including phenoxy) is 2. The molecule has 32 heavy (non-hydrogen) atoms. The van der Waals surface area contributed by atoms with Gasteiger partial charge in [0, 0.05) is 6.54 Å². The molecule has 0 saturated carbocycles. The van der Waals surface area contributed by atoms with E-state index in [0.717, 1.165) is 0 Å². The summed E-state index contributed by atoms with van der Waals surface area (Å²) in [4.78, 5) is 12.4. The maximum Gasteiger partial charge on any atom is 0.234 e. The number of nitrogens with zero attached hydrogens (tertiary/aromatic N) is 3. The van der Waals surface area contributed by atoms with Crippen LogP contribution in [0.1, 0.15) is 32.7 Å². The molecule has 7 nitrogen and oxygen atoms in total. The van der Waals surface area contributed by atoms with Crippen LogP contribution in [0, 0.1) is 5.92 Å². The molecule has 0 aliphatic rings. The number of anilines is 1. The van der Waals surface area contributed by atoms with E-state index in [9.17, 15) is 4.79 Å². The Bertz CT molecular complexity index is 1060. The molecule has 0 aliphatic carbocycles. The highest BCUT2D eigenvalue weighted by atomic mass is 35.5. The van der Waals surface area contributed by atoms with Crippen LogP contribution in [0.3, 0.4) is 0 Å². The second-order valence-corrected chi connectivity index (χ2v) is 8.92. The number of carbonyl (C=O) groups is 1. The highest BCUT2D eigenvalue weighted by Crippen LogP contribution is 2.31. The van der Waals surface area contributed by atoms with Gasteiger partial charge in [0.15, 0.2) is 28.6 Å². The molecule has 0 fully saturated rings. The molecule has 1 N–H and O–H groups in total. The minimum Gasteiger partial charge on any atom is -0.493 e. The summed E-state index contributed by atoms with van der Waals surface area (Å²) in [7, 11) is 1.61. The Labute approximate surface area is 197 Å². The largest absolute Gasteiger partial charge is 0.493 e. The van der Waals surface area contributed by atoms with Crippen LogP contribution in [0.4, 0.5) is 5.69 Å². The molecule has 0 radical (unpaired) electrons. The summed E-state index contributed by atoms with van der Waals surface area (Å²) in [5.74, 6) is 2.36. The predicted octanol–water partition coefficient (Wildman–Crippen LogP) is 5.47. The van der Waals surface area contributed by atoms with Crippen LogP contribution in [0.2, 0.25) is 5.02 Å². The third-order valence-corrected chi connectivity index (χ3v) is 5.81. The number of benzene rings is 2. The van der Waals surface area contributed by atoms with E-state index in [4.69, 9.17) is 21.1 Å². The lowest BCUT2D eigenvalue weighted by Crippen LogP contribution is -2.17. The van der Waals surface area contributed by atoms with Gasteiger partial charge in [0.1, 0.15) is 0 Å². The average Bonchev–Trinajstić information content (AvgIpc) is 3.16. The van der Waals surface area contributed by atoms with Crippen molar-refractivity contribution in [3.05, 3.63) is 59.4 Å². The van der Waals surface area contributed by atoms with Crippen LogP contribution in [-0.4, -0.2) is 33.5 Å². The normalized spacial score (nSPS) is 11.9. The molecular formula is C23H27ClN4O3S. The lowest BCUT2D eigenvalue weighted by atomic mass is 10.2. The number of thioether (sulfide) groups is 1. The summed E-state index contributed by atoms with van der Waals surface area (Å²) in [5, 5.41) is 12.7. The van der Waals surface area contributed by atoms with Gasteiger partial charge in [0.25, 0.3) is 0 Å². The van der Waals surface area contributed by atoms with Crippen molar-refractivity contribution in [2.24, 2.45) is 5.92 Å². The van der Waals surface area contributed by atoms with Gasteiger partial charge in [-0.05, 0) is 37.1 Å². The van der Waals surface area contributed by atoms with E-state index in [1.165, 1.54) is 11.8 Å². The Morgan fingerprint density at radius 2 is 1.78 bits per heavy atom. The van der Waals surface area contributed by atoms with Gasteiger partial charge in [-0.3, -0.25) is 4.79 Å². The minimum atomic E-state index is -0.358. The lowest BCUT2D eigenvalue weighted by molar-refractivity contribution is -0.113. The van der Waals surface area contributed by atoms with E-state index in [1.807, 2.05) is 47.9 Å². The summed E-state index contributed by atoms with van der Waals surface area (Å²) in [6, 6.07) is 14.6. The van der Waals surface area contributed by atoms with Crippen LogP contribution in [0.5, 0.6) is 11.5 Å². The number of para-hydroxylation sites is 3.